The highest BCUT2D eigenvalue weighted by Crippen LogP contribution is 2.56. The molecule has 45 heavy (non-hydrogen) atoms. The third kappa shape index (κ3) is 2.36. The van der Waals surface area contributed by atoms with Crippen molar-refractivity contribution in [2.45, 2.75) is 20.8 Å². The molecule has 0 atom stereocenters. The first kappa shape index (κ1) is 23.0. The van der Waals surface area contributed by atoms with Crippen molar-refractivity contribution in [1.29, 1.82) is 0 Å². The molecule has 12 aromatic carbocycles. The Balaban J connectivity index is 1.54. The van der Waals surface area contributed by atoms with E-state index in [1.807, 2.05) is 0 Å². The SMILES string of the molecule is Cc1ccc2c(c1)c1cc(C)c3c4c(C)cc5c6ccccc6c6cccc7c8ccc9c%10cccc2c%10c1c3c9c8c4c5c67. The Bertz CT molecular complexity index is 3260. The minimum absolute atomic E-state index is 1.31. The Morgan fingerprint density at radius 2 is 0.622 bits per heavy atom. The average molecular weight is 567 g/mol. The molecule has 0 heterocycles. The molecule has 0 nitrogen and oxygen atoms in total. The van der Waals surface area contributed by atoms with Crippen molar-refractivity contribution in [3.8, 4) is 0 Å². The molecule has 0 amide bonds. The van der Waals surface area contributed by atoms with Gasteiger partial charge in [0.1, 0.15) is 0 Å². The summed E-state index contributed by atoms with van der Waals surface area (Å²) in [4.78, 5) is 0. The summed E-state index contributed by atoms with van der Waals surface area (Å²) in [6, 6.07) is 39.9. The fraction of sp³-hybridized carbons (Fsp3) is 0.0667. The predicted octanol–water partition coefficient (Wildman–Crippen LogP) is 13.0. The van der Waals surface area contributed by atoms with E-state index in [-0.39, 0.29) is 0 Å². The van der Waals surface area contributed by atoms with Crippen LogP contribution in [0.5, 0.6) is 0 Å². The summed E-state index contributed by atoms with van der Waals surface area (Å²) in [7, 11) is 0. The fourth-order valence-corrected chi connectivity index (χ4v) is 9.90. The van der Waals surface area contributed by atoms with Crippen molar-refractivity contribution < 1.29 is 0 Å². The van der Waals surface area contributed by atoms with Gasteiger partial charge in [-0.15, -0.1) is 0 Å². The molecule has 0 spiro atoms. The fourth-order valence-electron chi connectivity index (χ4n) is 9.90. The average Bonchev–Trinajstić information content (AvgIpc) is 3.07. The molecule has 12 aromatic rings. The molecule has 0 saturated heterocycles. The Labute approximate surface area is 258 Å². The third-order valence-corrected chi connectivity index (χ3v) is 11.5. The first-order valence-corrected chi connectivity index (χ1v) is 16.1. The lowest BCUT2D eigenvalue weighted by Crippen LogP contribution is -1.99. The lowest BCUT2D eigenvalue weighted by molar-refractivity contribution is 1.51. The smallest absolute Gasteiger partial charge is 0.000441 e. The molecule has 0 N–H and O–H groups in total. The zero-order valence-corrected chi connectivity index (χ0v) is 25.3. The highest BCUT2D eigenvalue weighted by Gasteiger charge is 2.28. The minimum Gasteiger partial charge on any atom is -0.0616 e. The molecular formula is C45H26. The van der Waals surface area contributed by atoms with Gasteiger partial charge in [0.2, 0.25) is 0 Å². The van der Waals surface area contributed by atoms with Crippen LogP contribution in [0.15, 0.2) is 103 Å². The maximum absolute atomic E-state index is 2.51. The number of benzene rings is 12. The van der Waals surface area contributed by atoms with Gasteiger partial charge in [0.05, 0.1) is 0 Å². The molecule has 0 unspecified atom stereocenters. The van der Waals surface area contributed by atoms with Crippen molar-refractivity contribution >= 4 is 118 Å². The van der Waals surface area contributed by atoms with Crippen molar-refractivity contribution in [2.75, 3.05) is 0 Å². The van der Waals surface area contributed by atoms with Gasteiger partial charge in [-0.05, 0) is 150 Å². The van der Waals surface area contributed by atoms with Crippen LogP contribution < -0.4 is 0 Å². The van der Waals surface area contributed by atoms with Gasteiger partial charge in [0.25, 0.3) is 0 Å². The van der Waals surface area contributed by atoms with Crippen molar-refractivity contribution in [3.63, 3.8) is 0 Å². The van der Waals surface area contributed by atoms with Gasteiger partial charge in [-0.3, -0.25) is 0 Å². The molecule has 0 saturated carbocycles. The van der Waals surface area contributed by atoms with E-state index in [0.717, 1.165) is 0 Å². The quantitative estimate of drug-likeness (QED) is 0.126. The van der Waals surface area contributed by atoms with E-state index in [9.17, 15) is 0 Å². The Kier molecular flexibility index (Phi) is 3.71. The summed E-state index contributed by atoms with van der Waals surface area (Å²) >= 11 is 0. The zero-order valence-electron chi connectivity index (χ0n) is 25.3. The first-order chi connectivity index (χ1) is 22.1. The Morgan fingerprint density at radius 1 is 0.244 bits per heavy atom. The van der Waals surface area contributed by atoms with E-state index in [0.29, 0.717) is 0 Å². The van der Waals surface area contributed by atoms with Gasteiger partial charge in [-0.1, -0.05) is 109 Å². The molecule has 0 heteroatoms. The Morgan fingerprint density at radius 3 is 1.18 bits per heavy atom. The van der Waals surface area contributed by atoms with Gasteiger partial charge in [0.15, 0.2) is 0 Å². The molecule has 206 valence electrons. The van der Waals surface area contributed by atoms with Gasteiger partial charge in [-0.25, -0.2) is 0 Å². The van der Waals surface area contributed by atoms with Crippen LogP contribution in [-0.2, 0) is 0 Å². The van der Waals surface area contributed by atoms with Crippen LogP contribution in [0.2, 0.25) is 0 Å². The topological polar surface area (TPSA) is 0 Å². The molecule has 0 aliphatic rings. The maximum Gasteiger partial charge on any atom is -0.000441 e. The second-order valence-corrected chi connectivity index (χ2v) is 13.7. The summed E-state index contributed by atoms with van der Waals surface area (Å²) in [6.07, 6.45) is 0. The van der Waals surface area contributed by atoms with Crippen LogP contribution in [0.25, 0.3) is 118 Å². The van der Waals surface area contributed by atoms with E-state index in [2.05, 4.69) is 124 Å². The van der Waals surface area contributed by atoms with E-state index in [4.69, 9.17) is 0 Å². The number of hydrogen-bond acceptors (Lipinski definition) is 0. The number of hydrogen-bond donors (Lipinski definition) is 0. The van der Waals surface area contributed by atoms with Gasteiger partial charge in [-0.2, -0.15) is 0 Å². The molecule has 0 radical (unpaired) electrons. The predicted molar refractivity (Wildman–Crippen MR) is 198 cm³/mol. The summed E-state index contributed by atoms with van der Waals surface area (Å²) in [5.74, 6) is 0. The van der Waals surface area contributed by atoms with E-state index < -0.39 is 0 Å². The highest BCUT2D eigenvalue weighted by atomic mass is 14.3. The minimum atomic E-state index is 1.31. The van der Waals surface area contributed by atoms with Gasteiger partial charge in [0, 0.05) is 0 Å². The van der Waals surface area contributed by atoms with Crippen molar-refractivity contribution in [1.82, 2.24) is 0 Å². The van der Waals surface area contributed by atoms with E-state index >= 15 is 0 Å². The maximum atomic E-state index is 2.51. The normalized spacial score (nSPS) is 13.2. The van der Waals surface area contributed by atoms with Crippen LogP contribution in [0.4, 0.5) is 0 Å². The van der Waals surface area contributed by atoms with E-state index in [1.54, 1.807) is 0 Å². The molecule has 0 aliphatic carbocycles. The van der Waals surface area contributed by atoms with Crippen LogP contribution in [0.3, 0.4) is 0 Å². The molecule has 12 rings (SSSR count). The second kappa shape index (κ2) is 7.25. The second-order valence-electron chi connectivity index (χ2n) is 13.7. The lowest BCUT2D eigenvalue weighted by atomic mass is 9.76. The Hall–Kier alpha value is -5.46. The van der Waals surface area contributed by atoms with Crippen LogP contribution in [-0.4, -0.2) is 0 Å². The van der Waals surface area contributed by atoms with Gasteiger partial charge >= 0.3 is 0 Å². The van der Waals surface area contributed by atoms with Crippen LogP contribution >= 0.6 is 0 Å². The molecular weight excluding hydrogens is 540 g/mol. The largest absolute Gasteiger partial charge is 0.0616 e. The number of aryl methyl sites for hydroxylation is 3. The van der Waals surface area contributed by atoms with Crippen molar-refractivity contribution in [2.24, 2.45) is 0 Å². The molecule has 0 bridgehead atoms. The lowest BCUT2D eigenvalue weighted by Gasteiger charge is -2.27. The summed E-state index contributed by atoms with van der Waals surface area (Å²) in [6.45, 7) is 6.93. The third-order valence-electron chi connectivity index (χ3n) is 11.5. The number of rotatable bonds is 0. The summed E-state index contributed by atoms with van der Waals surface area (Å²) in [5.41, 5.74) is 4.05. The van der Waals surface area contributed by atoms with Gasteiger partial charge < -0.3 is 0 Å². The highest BCUT2D eigenvalue weighted by molar-refractivity contribution is 6.54. The van der Waals surface area contributed by atoms with Crippen LogP contribution in [0.1, 0.15) is 16.7 Å². The number of fused-ring (bicyclic) bond motifs is 9. The molecule has 0 aromatic heterocycles. The molecule has 0 aliphatic heterocycles. The summed E-state index contributed by atoms with van der Waals surface area (Å²) in [5, 5.41) is 30.8. The standard InChI is InChI=1S/C45H26/c1-21-14-15-26-28-11-7-13-30-32-17-16-31-29-12-6-10-27-24-8-4-5-9-25(24)34-19-22(2)36-37-23(3)20-35(33(26)18-21)43(39(28)30)45(37)41(32)40(31)44(36)42(34)38(27)29/h4-20H,1-3H3. The first-order valence-electron chi connectivity index (χ1n) is 16.1. The molecule has 0 fully saturated rings. The van der Waals surface area contributed by atoms with Crippen LogP contribution in [0, 0.1) is 20.8 Å². The summed E-state index contributed by atoms with van der Waals surface area (Å²) < 4.78 is 0. The van der Waals surface area contributed by atoms with E-state index in [1.165, 1.54) is 135 Å². The monoisotopic (exact) mass is 566 g/mol. The zero-order chi connectivity index (χ0) is 29.5. The van der Waals surface area contributed by atoms with Crippen molar-refractivity contribution in [3.05, 3.63) is 120 Å².